The van der Waals surface area contributed by atoms with E-state index in [1.54, 1.807) is 7.11 Å². The number of benzene rings is 1. The van der Waals surface area contributed by atoms with Gasteiger partial charge in [0.1, 0.15) is 5.75 Å². The summed E-state index contributed by atoms with van der Waals surface area (Å²) in [7, 11) is 3.63. The predicted octanol–water partition coefficient (Wildman–Crippen LogP) is 3.07. The number of aliphatic imine (C=N–C) groups is 1. The average molecular weight is 359 g/mol. The molecule has 0 saturated carbocycles. The first kappa shape index (κ1) is 18.9. The van der Waals surface area contributed by atoms with Crippen LogP contribution in [0.15, 0.2) is 29.3 Å². The van der Waals surface area contributed by atoms with Gasteiger partial charge in [0.15, 0.2) is 5.96 Å². The number of anilines is 1. The van der Waals surface area contributed by atoms with E-state index < -0.39 is 0 Å². The van der Waals surface area contributed by atoms with Crippen LogP contribution in [0.3, 0.4) is 0 Å². The molecule has 0 spiro atoms. The number of rotatable bonds is 4. The number of hydrogen-bond acceptors (Lipinski definition) is 3. The molecular weight excluding hydrogens is 324 g/mol. The molecule has 2 heterocycles. The molecule has 2 saturated heterocycles. The molecular formula is C21H34N4O. The summed E-state index contributed by atoms with van der Waals surface area (Å²) in [6.45, 7) is 10.1. The smallest absolute Gasteiger partial charge is 0.193 e. The summed E-state index contributed by atoms with van der Waals surface area (Å²) in [6.07, 6.45) is 2.54. The lowest BCUT2D eigenvalue weighted by Crippen LogP contribution is -2.49. The number of nitrogens with zero attached hydrogens (tertiary/aromatic N) is 3. The molecule has 1 aromatic carbocycles. The molecule has 144 valence electrons. The van der Waals surface area contributed by atoms with E-state index in [2.05, 4.69) is 52.2 Å². The molecule has 3 atom stereocenters. The summed E-state index contributed by atoms with van der Waals surface area (Å²) in [5.41, 5.74) is 1.26. The Morgan fingerprint density at radius 2 is 2.00 bits per heavy atom. The third kappa shape index (κ3) is 4.63. The lowest BCUT2D eigenvalue weighted by molar-refractivity contribution is 0.208. The molecule has 1 aromatic rings. The third-order valence-corrected chi connectivity index (χ3v) is 5.63. The van der Waals surface area contributed by atoms with Crippen molar-refractivity contribution in [2.45, 2.75) is 26.7 Å². The van der Waals surface area contributed by atoms with Crippen LogP contribution in [-0.2, 0) is 0 Å². The molecule has 3 unspecified atom stereocenters. The molecule has 0 radical (unpaired) electrons. The lowest BCUT2D eigenvalue weighted by atomic mass is 9.92. The minimum Gasteiger partial charge on any atom is -0.497 e. The van der Waals surface area contributed by atoms with E-state index in [0.29, 0.717) is 5.92 Å². The molecule has 3 rings (SSSR count). The van der Waals surface area contributed by atoms with E-state index in [-0.39, 0.29) is 0 Å². The van der Waals surface area contributed by atoms with Crippen molar-refractivity contribution >= 4 is 11.6 Å². The summed E-state index contributed by atoms with van der Waals surface area (Å²) >= 11 is 0. The van der Waals surface area contributed by atoms with Crippen molar-refractivity contribution in [1.29, 1.82) is 0 Å². The van der Waals surface area contributed by atoms with E-state index in [1.807, 2.05) is 13.1 Å². The van der Waals surface area contributed by atoms with Crippen LogP contribution in [0.1, 0.15) is 26.7 Å². The van der Waals surface area contributed by atoms with Crippen molar-refractivity contribution in [3.05, 3.63) is 24.3 Å². The molecule has 1 N–H and O–H groups in total. The monoisotopic (exact) mass is 358 g/mol. The normalized spacial score (nSPS) is 26.9. The fourth-order valence-corrected chi connectivity index (χ4v) is 4.44. The number of likely N-dealkylation sites (tertiary alicyclic amines) is 1. The first-order valence-corrected chi connectivity index (χ1v) is 9.93. The SMILES string of the molecule is CN=C(NCC1CCN(c2cccc(OC)c2)C1)N1CC(C)CC(C)C1. The van der Waals surface area contributed by atoms with E-state index in [0.717, 1.165) is 56.3 Å². The second kappa shape index (κ2) is 8.65. The average Bonchev–Trinajstić information content (AvgIpc) is 3.10. The van der Waals surface area contributed by atoms with Crippen molar-refractivity contribution < 1.29 is 4.74 Å². The quantitative estimate of drug-likeness (QED) is 0.663. The van der Waals surface area contributed by atoms with Crippen LogP contribution in [0.4, 0.5) is 5.69 Å². The number of guanidine groups is 1. The predicted molar refractivity (Wildman–Crippen MR) is 109 cm³/mol. The topological polar surface area (TPSA) is 40.1 Å². The van der Waals surface area contributed by atoms with Crippen LogP contribution in [0.5, 0.6) is 5.75 Å². The van der Waals surface area contributed by atoms with Gasteiger partial charge >= 0.3 is 0 Å². The standard InChI is InChI=1S/C21H34N4O/c1-16-10-17(2)14-25(13-16)21(22-3)23-12-18-8-9-24(15-18)19-6-5-7-20(11-19)26-4/h5-7,11,16-18H,8-10,12-15H2,1-4H3,(H,22,23). The zero-order valence-corrected chi connectivity index (χ0v) is 16.7. The second-order valence-corrected chi connectivity index (χ2v) is 8.08. The van der Waals surface area contributed by atoms with E-state index >= 15 is 0 Å². The first-order chi connectivity index (χ1) is 12.6. The van der Waals surface area contributed by atoms with E-state index in [4.69, 9.17) is 4.74 Å². The summed E-state index contributed by atoms with van der Waals surface area (Å²) in [5, 5.41) is 3.64. The Kier molecular flexibility index (Phi) is 6.28. The van der Waals surface area contributed by atoms with E-state index in [9.17, 15) is 0 Å². The highest BCUT2D eigenvalue weighted by molar-refractivity contribution is 5.80. The van der Waals surface area contributed by atoms with Gasteiger partial charge in [-0.05, 0) is 42.7 Å². The highest BCUT2D eigenvalue weighted by atomic mass is 16.5. The summed E-state index contributed by atoms with van der Waals surface area (Å²) < 4.78 is 5.36. The first-order valence-electron chi connectivity index (χ1n) is 9.93. The second-order valence-electron chi connectivity index (χ2n) is 8.08. The molecule has 0 aliphatic carbocycles. The van der Waals surface area contributed by atoms with Crippen LogP contribution in [0.25, 0.3) is 0 Å². The Balaban J connectivity index is 1.52. The summed E-state index contributed by atoms with van der Waals surface area (Å²) in [4.78, 5) is 9.44. The van der Waals surface area contributed by atoms with Crippen molar-refractivity contribution in [2.24, 2.45) is 22.7 Å². The van der Waals surface area contributed by atoms with Crippen LogP contribution in [-0.4, -0.2) is 57.7 Å². The van der Waals surface area contributed by atoms with Gasteiger partial charge in [0.25, 0.3) is 0 Å². The number of hydrogen-bond donors (Lipinski definition) is 1. The largest absolute Gasteiger partial charge is 0.497 e. The van der Waals surface area contributed by atoms with Gasteiger partial charge in [0.2, 0.25) is 0 Å². The summed E-state index contributed by atoms with van der Waals surface area (Å²) in [6, 6.07) is 8.38. The Labute approximate surface area is 158 Å². The Bertz CT molecular complexity index is 608. The van der Waals surface area contributed by atoms with Gasteiger partial charge in [-0.15, -0.1) is 0 Å². The minimum atomic E-state index is 0.651. The minimum absolute atomic E-state index is 0.651. The van der Waals surface area contributed by atoms with Gasteiger partial charge in [-0.3, -0.25) is 4.99 Å². The van der Waals surface area contributed by atoms with Crippen LogP contribution in [0, 0.1) is 17.8 Å². The van der Waals surface area contributed by atoms with Crippen molar-refractivity contribution in [3.8, 4) is 5.75 Å². The number of ether oxygens (including phenoxy) is 1. The fraction of sp³-hybridized carbons (Fsp3) is 0.667. The molecule has 2 aliphatic heterocycles. The van der Waals surface area contributed by atoms with Crippen LogP contribution >= 0.6 is 0 Å². The molecule has 2 aliphatic rings. The van der Waals surface area contributed by atoms with E-state index in [1.165, 1.54) is 18.5 Å². The summed E-state index contributed by atoms with van der Waals surface area (Å²) in [5.74, 6) is 4.14. The Morgan fingerprint density at radius 1 is 1.23 bits per heavy atom. The molecule has 5 nitrogen and oxygen atoms in total. The van der Waals surface area contributed by atoms with Gasteiger partial charge in [0.05, 0.1) is 7.11 Å². The molecule has 26 heavy (non-hydrogen) atoms. The van der Waals surface area contributed by atoms with Gasteiger partial charge in [-0.2, -0.15) is 0 Å². The maximum Gasteiger partial charge on any atom is 0.193 e. The van der Waals surface area contributed by atoms with Crippen molar-refractivity contribution in [3.63, 3.8) is 0 Å². The van der Waals surface area contributed by atoms with Crippen molar-refractivity contribution in [1.82, 2.24) is 10.2 Å². The maximum absolute atomic E-state index is 5.36. The number of methoxy groups -OCH3 is 1. The molecule has 0 amide bonds. The highest BCUT2D eigenvalue weighted by Crippen LogP contribution is 2.27. The number of nitrogens with one attached hydrogen (secondary N) is 1. The van der Waals surface area contributed by atoms with Gasteiger partial charge < -0.3 is 19.9 Å². The zero-order chi connectivity index (χ0) is 18.5. The fourth-order valence-electron chi connectivity index (χ4n) is 4.44. The van der Waals surface area contributed by atoms with Crippen molar-refractivity contribution in [2.75, 3.05) is 51.8 Å². The van der Waals surface area contributed by atoms with Gasteiger partial charge in [-0.1, -0.05) is 19.9 Å². The van der Waals surface area contributed by atoms with Gasteiger partial charge in [-0.25, -0.2) is 0 Å². The lowest BCUT2D eigenvalue weighted by Gasteiger charge is -2.37. The van der Waals surface area contributed by atoms with Crippen LogP contribution < -0.4 is 15.0 Å². The zero-order valence-electron chi connectivity index (χ0n) is 16.7. The highest BCUT2D eigenvalue weighted by Gasteiger charge is 2.26. The number of piperidine rings is 1. The molecule has 0 bridgehead atoms. The van der Waals surface area contributed by atoms with Crippen LogP contribution in [0.2, 0.25) is 0 Å². The molecule has 0 aromatic heterocycles. The Morgan fingerprint density at radius 3 is 2.69 bits per heavy atom. The molecule has 2 fully saturated rings. The maximum atomic E-state index is 5.36. The molecule has 5 heteroatoms. The third-order valence-electron chi connectivity index (χ3n) is 5.63. The van der Waals surface area contributed by atoms with Gasteiger partial charge in [0, 0.05) is 51.5 Å². The Hall–Kier alpha value is -1.91.